The van der Waals surface area contributed by atoms with Gasteiger partial charge in [0.2, 0.25) is 0 Å². The summed E-state index contributed by atoms with van der Waals surface area (Å²) >= 11 is 6.76. The number of rotatable bonds is 4. The first kappa shape index (κ1) is 18.3. The predicted octanol–water partition coefficient (Wildman–Crippen LogP) is 5.39. The fourth-order valence-electron chi connectivity index (χ4n) is 3.92. The largest absolute Gasteiger partial charge is 0.508 e. The molecule has 3 nitrogen and oxygen atoms in total. The summed E-state index contributed by atoms with van der Waals surface area (Å²) < 4.78 is 6.16. The lowest BCUT2D eigenvalue weighted by Crippen LogP contribution is -2.25. The molecule has 1 aliphatic rings. The number of ether oxygens (including phenoxy) is 1. The molecule has 0 aliphatic carbocycles. The molecule has 140 valence electrons. The average molecular weight is 383 g/mol. The van der Waals surface area contributed by atoms with E-state index < -0.39 is 0 Å². The standard InChI is InChI=1S/C23H23ClO3/c24-23-16(12-15-8-10-17(26)11-9-15)13-21(19-5-1-2-6-20(19)23)22-7-3-4-18(14-25)27-22/h1-2,5-6,8-11,13,18,22,25-26H,3-4,7,12,14H2. The van der Waals surface area contributed by atoms with Gasteiger partial charge in [-0.3, -0.25) is 0 Å². The first-order valence-corrected chi connectivity index (χ1v) is 9.77. The third-order valence-corrected chi connectivity index (χ3v) is 5.76. The maximum Gasteiger partial charge on any atom is 0.115 e. The second kappa shape index (κ2) is 7.89. The summed E-state index contributed by atoms with van der Waals surface area (Å²) in [6, 6.07) is 17.5. The molecule has 2 unspecified atom stereocenters. The molecule has 4 heteroatoms. The zero-order valence-electron chi connectivity index (χ0n) is 15.1. The lowest BCUT2D eigenvalue weighted by Gasteiger charge is -2.30. The second-order valence-corrected chi connectivity index (χ2v) is 7.57. The Morgan fingerprint density at radius 1 is 1.00 bits per heavy atom. The number of phenolic OH excluding ortho intramolecular Hbond substituents is 1. The molecule has 0 aromatic heterocycles. The molecule has 27 heavy (non-hydrogen) atoms. The summed E-state index contributed by atoms with van der Waals surface area (Å²) in [7, 11) is 0. The minimum atomic E-state index is -0.0984. The van der Waals surface area contributed by atoms with Crippen molar-refractivity contribution in [2.45, 2.75) is 37.9 Å². The minimum absolute atomic E-state index is 0.0309. The SMILES string of the molecule is OCC1CCCC(c2cc(Cc3ccc(O)cc3)c(Cl)c3ccccc23)O1. The smallest absolute Gasteiger partial charge is 0.115 e. The van der Waals surface area contributed by atoms with Crippen LogP contribution in [-0.2, 0) is 11.2 Å². The van der Waals surface area contributed by atoms with Gasteiger partial charge in [-0.25, -0.2) is 0 Å². The third kappa shape index (κ3) is 3.81. The van der Waals surface area contributed by atoms with E-state index in [0.717, 1.165) is 51.7 Å². The van der Waals surface area contributed by atoms with Crippen molar-refractivity contribution >= 4 is 22.4 Å². The van der Waals surface area contributed by atoms with Crippen molar-refractivity contribution in [2.24, 2.45) is 0 Å². The van der Waals surface area contributed by atoms with E-state index in [0.29, 0.717) is 6.42 Å². The van der Waals surface area contributed by atoms with E-state index in [4.69, 9.17) is 16.3 Å². The molecule has 1 saturated heterocycles. The van der Waals surface area contributed by atoms with Crippen molar-refractivity contribution in [1.29, 1.82) is 0 Å². The molecule has 0 radical (unpaired) electrons. The van der Waals surface area contributed by atoms with E-state index in [9.17, 15) is 10.2 Å². The second-order valence-electron chi connectivity index (χ2n) is 7.19. The number of aliphatic hydroxyl groups is 1. The Balaban J connectivity index is 1.78. The van der Waals surface area contributed by atoms with Crippen LogP contribution in [0.4, 0.5) is 0 Å². The van der Waals surface area contributed by atoms with Crippen LogP contribution in [0.25, 0.3) is 10.8 Å². The van der Waals surface area contributed by atoms with E-state index in [2.05, 4.69) is 12.1 Å². The van der Waals surface area contributed by atoms with Crippen molar-refractivity contribution < 1.29 is 14.9 Å². The van der Waals surface area contributed by atoms with Crippen LogP contribution >= 0.6 is 11.6 Å². The summed E-state index contributed by atoms with van der Waals surface area (Å²) in [5, 5.41) is 21.9. The molecular formula is C23H23ClO3. The Hall–Kier alpha value is -2.07. The Bertz CT molecular complexity index is 936. The molecule has 0 saturated carbocycles. The van der Waals surface area contributed by atoms with Gasteiger partial charge in [0, 0.05) is 5.39 Å². The van der Waals surface area contributed by atoms with Crippen LogP contribution in [0.15, 0.2) is 54.6 Å². The molecule has 1 fully saturated rings. The summed E-state index contributed by atoms with van der Waals surface area (Å²) in [5.41, 5.74) is 3.28. The molecule has 4 rings (SSSR count). The zero-order chi connectivity index (χ0) is 18.8. The van der Waals surface area contributed by atoms with Crippen LogP contribution in [0.2, 0.25) is 5.02 Å². The number of hydrogen-bond donors (Lipinski definition) is 2. The normalized spacial score (nSPS) is 20.1. The minimum Gasteiger partial charge on any atom is -0.508 e. The summed E-state index contributed by atoms with van der Waals surface area (Å²) in [5.74, 6) is 0.259. The van der Waals surface area contributed by atoms with Gasteiger partial charge in [-0.05, 0) is 59.9 Å². The first-order chi connectivity index (χ1) is 13.2. The van der Waals surface area contributed by atoms with Gasteiger partial charge in [0.05, 0.1) is 23.8 Å². The highest BCUT2D eigenvalue weighted by atomic mass is 35.5. The van der Waals surface area contributed by atoms with E-state index in [1.54, 1.807) is 12.1 Å². The lowest BCUT2D eigenvalue weighted by molar-refractivity contribution is -0.0731. The van der Waals surface area contributed by atoms with Gasteiger partial charge in [0.25, 0.3) is 0 Å². The number of halogens is 1. The number of aromatic hydroxyl groups is 1. The molecule has 3 aromatic rings. The van der Waals surface area contributed by atoms with Crippen LogP contribution in [0.3, 0.4) is 0 Å². The van der Waals surface area contributed by atoms with Gasteiger partial charge < -0.3 is 14.9 Å². The van der Waals surface area contributed by atoms with Crippen LogP contribution in [0.1, 0.15) is 42.1 Å². The summed E-state index contributed by atoms with van der Waals surface area (Å²) in [6.45, 7) is 0.0579. The maximum absolute atomic E-state index is 9.52. The summed E-state index contributed by atoms with van der Waals surface area (Å²) in [6.07, 6.45) is 3.45. The van der Waals surface area contributed by atoms with E-state index in [1.165, 1.54) is 0 Å². The van der Waals surface area contributed by atoms with E-state index >= 15 is 0 Å². The van der Waals surface area contributed by atoms with Crippen molar-refractivity contribution in [2.75, 3.05) is 6.61 Å². The monoisotopic (exact) mass is 382 g/mol. The van der Waals surface area contributed by atoms with Crippen molar-refractivity contribution in [3.8, 4) is 5.75 Å². The van der Waals surface area contributed by atoms with Crippen molar-refractivity contribution in [3.05, 3.63) is 76.3 Å². The van der Waals surface area contributed by atoms with Crippen LogP contribution in [0.5, 0.6) is 5.75 Å². The van der Waals surface area contributed by atoms with Crippen LogP contribution in [-0.4, -0.2) is 22.9 Å². The third-order valence-electron chi connectivity index (χ3n) is 5.32. The van der Waals surface area contributed by atoms with Crippen molar-refractivity contribution in [3.63, 3.8) is 0 Å². The van der Waals surface area contributed by atoms with Gasteiger partial charge in [0.15, 0.2) is 0 Å². The van der Waals surface area contributed by atoms with Crippen molar-refractivity contribution in [1.82, 2.24) is 0 Å². The number of hydrogen-bond acceptors (Lipinski definition) is 3. The molecule has 2 N–H and O–H groups in total. The van der Waals surface area contributed by atoms with Gasteiger partial charge >= 0.3 is 0 Å². The van der Waals surface area contributed by atoms with Crippen LogP contribution < -0.4 is 0 Å². The number of fused-ring (bicyclic) bond motifs is 1. The van der Waals surface area contributed by atoms with E-state index in [-0.39, 0.29) is 24.6 Å². The fraction of sp³-hybridized carbons (Fsp3) is 0.304. The molecule has 0 amide bonds. The van der Waals surface area contributed by atoms with Gasteiger partial charge in [-0.15, -0.1) is 0 Å². The molecule has 1 aliphatic heterocycles. The lowest BCUT2D eigenvalue weighted by atomic mass is 9.91. The predicted molar refractivity (Wildman–Crippen MR) is 108 cm³/mol. The molecule has 1 heterocycles. The van der Waals surface area contributed by atoms with Gasteiger partial charge in [-0.1, -0.05) is 54.1 Å². The highest BCUT2D eigenvalue weighted by Crippen LogP contribution is 2.39. The first-order valence-electron chi connectivity index (χ1n) is 9.40. The number of benzene rings is 3. The van der Waals surface area contributed by atoms with Crippen LogP contribution in [0, 0.1) is 0 Å². The average Bonchev–Trinajstić information content (AvgIpc) is 2.72. The topological polar surface area (TPSA) is 49.7 Å². The van der Waals surface area contributed by atoms with Gasteiger partial charge in [-0.2, -0.15) is 0 Å². The highest BCUT2D eigenvalue weighted by molar-refractivity contribution is 6.36. The Kier molecular flexibility index (Phi) is 5.35. The summed E-state index contributed by atoms with van der Waals surface area (Å²) in [4.78, 5) is 0. The van der Waals surface area contributed by atoms with E-state index in [1.807, 2.05) is 30.3 Å². The molecule has 0 bridgehead atoms. The number of phenols is 1. The quantitative estimate of drug-likeness (QED) is 0.635. The Labute approximate surface area is 164 Å². The fourth-order valence-corrected chi connectivity index (χ4v) is 4.21. The molecule has 0 spiro atoms. The zero-order valence-corrected chi connectivity index (χ0v) is 15.8. The van der Waals surface area contributed by atoms with Gasteiger partial charge in [0.1, 0.15) is 5.75 Å². The Morgan fingerprint density at radius 2 is 1.74 bits per heavy atom. The highest BCUT2D eigenvalue weighted by Gasteiger charge is 2.25. The molecule has 3 aromatic carbocycles. The number of aliphatic hydroxyl groups excluding tert-OH is 1. The molecule has 2 atom stereocenters. The maximum atomic E-state index is 9.52. The molecular weight excluding hydrogens is 360 g/mol. The Morgan fingerprint density at radius 3 is 2.48 bits per heavy atom.